The van der Waals surface area contributed by atoms with Crippen molar-refractivity contribution in [1.29, 1.82) is 0 Å². The Morgan fingerprint density at radius 3 is 2.55 bits per heavy atom. The van der Waals surface area contributed by atoms with Crippen LogP contribution in [0.5, 0.6) is 0 Å². The molecule has 0 amide bonds. The summed E-state index contributed by atoms with van der Waals surface area (Å²) in [6.45, 7) is 3.76. The van der Waals surface area contributed by atoms with E-state index in [9.17, 15) is 8.78 Å². The van der Waals surface area contributed by atoms with E-state index >= 15 is 0 Å². The quantitative estimate of drug-likeness (QED) is 0.398. The minimum atomic E-state index is -3.05. The van der Waals surface area contributed by atoms with Gasteiger partial charge in [-0.1, -0.05) is 55.3 Å². The lowest BCUT2D eigenvalue weighted by atomic mass is 10.0. The molecular formula is C24H23F2N7. The topological polar surface area (TPSA) is 85.2 Å². The lowest BCUT2D eigenvalue weighted by molar-refractivity contribution is -0.0232. The third-order valence-electron chi connectivity index (χ3n) is 5.15. The van der Waals surface area contributed by atoms with Crippen LogP contribution in [-0.4, -0.2) is 35.4 Å². The molecular weight excluding hydrogens is 424 g/mol. The molecule has 2 aromatic carbocycles. The number of rotatable bonds is 8. The number of halogens is 2. The van der Waals surface area contributed by atoms with Crippen molar-refractivity contribution in [3.8, 4) is 34.4 Å². The first kappa shape index (κ1) is 22.3. The van der Waals surface area contributed by atoms with Gasteiger partial charge in [-0.2, -0.15) is 14.0 Å². The molecule has 0 aliphatic carbocycles. The monoisotopic (exact) mass is 447 g/mol. The number of aromatic nitrogens is 7. The van der Waals surface area contributed by atoms with E-state index in [1.807, 2.05) is 48.5 Å². The van der Waals surface area contributed by atoms with Gasteiger partial charge >= 0.3 is 5.92 Å². The number of tetrazole rings is 1. The van der Waals surface area contributed by atoms with Gasteiger partial charge in [0.05, 0.1) is 13.0 Å². The van der Waals surface area contributed by atoms with Crippen LogP contribution < -0.4 is 0 Å². The van der Waals surface area contributed by atoms with Crippen molar-refractivity contribution in [2.75, 3.05) is 0 Å². The first-order valence-electron chi connectivity index (χ1n) is 10.6. The van der Waals surface area contributed by atoms with Gasteiger partial charge in [0.2, 0.25) is 11.6 Å². The first-order valence-corrected chi connectivity index (χ1v) is 10.6. The molecule has 1 N–H and O–H groups in total. The second-order valence-corrected chi connectivity index (χ2v) is 7.58. The second kappa shape index (κ2) is 9.69. The van der Waals surface area contributed by atoms with E-state index < -0.39 is 11.7 Å². The molecule has 9 heteroatoms. The van der Waals surface area contributed by atoms with Crippen LogP contribution in [0.4, 0.5) is 8.78 Å². The number of hydrogen-bond donors (Lipinski definition) is 1. The normalized spacial score (nSPS) is 11.3. The predicted molar refractivity (Wildman–Crippen MR) is 120 cm³/mol. The van der Waals surface area contributed by atoms with Crippen LogP contribution in [0.1, 0.15) is 43.9 Å². The van der Waals surface area contributed by atoms with Crippen molar-refractivity contribution in [2.45, 2.75) is 45.6 Å². The van der Waals surface area contributed by atoms with E-state index in [2.05, 4.69) is 42.5 Å². The fraction of sp³-hybridized carbons (Fsp3) is 0.292. The van der Waals surface area contributed by atoms with E-state index in [0.29, 0.717) is 24.6 Å². The standard InChI is InChI=1S/C24H23F2N7/c1-3-5-9-21-27-23(24(25,26)14-4-2)30-33(21)16-17-10-12-18(13-11-17)19-7-6-8-20(15-19)22-28-31-32-29-22/h6-8,10-13,15H,4,9,14,16H2,1-2H3,(H,28,29,31,32). The van der Waals surface area contributed by atoms with E-state index in [1.165, 1.54) is 4.68 Å². The van der Waals surface area contributed by atoms with Crippen LogP contribution >= 0.6 is 0 Å². The average Bonchev–Trinajstić information content (AvgIpc) is 3.49. The zero-order valence-corrected chi connectivity index (χ0v) is 18.4. The van der Waals surface area contributed by atoms with E-state index in [1.54, 1.807) is 13.8 Å². The van der Waals surface area contributed by atoms with Crippen LogP contribution in [0.2, 0.25) is 0 Å². The molecule has 4 rings (SSSR count). The number of nitrogens with one attached hydrogen (secondary N) is 1. The van der Waals surface area contributed by atoms with Crippen molar-refractivity contribution >= 4 is 0 Å². The van der Waals surface area contributed by atoms with Gasteiger partial charge in [0.1, 0.15) is 5.82 Å². The fourth-order valence-corrected chi connectivity index (χ4v) is 3.48. The Kier molecular flexibility index (Phi) is 6.54. The molecule has 2 aromatic heterocycles. The van der Waals surface area contributed by atoms with Gasteiger partial charge in [-0.15, -0.1) is 21.2 Å². The lowest BCUT2D eigenvalue weighted by Crippen LogP contribution is -2.15. The molecule has 4 aromatic rings. The fourth-order valence-electron chi connectivity index (χ4n) is 3.48. The van der Waals surface area contributed by atoms with Crippen LogP contribution in [0.25, 0.3) is 22.5 Å². The Labute approximate surface area is 190 Å². The Balaban J connectivity index is 1.57. The summed E-state index contributed by atoms with van der Waals surface area (Å²) >= 11 is 0. The molecule has 0 atom stereocenters. The molecule has 0 saturated heterocycles. The Morgan fingerprint density at radius 1 is 1.06 bits per heavy atom. The van der Waals surface area contributed by atoms with Crippen molar-refractivity contribution in [1.82, 2.24) is 35.4 Å². The van der Waals surface area contributed by atoms with Gasteiger partial charge < -0.3 is 0 Å². The summed E-state index contributed by atoms with van der Waals surface area (Å²) in [5.41, 5.74) is 3.80. The summed E-state index contributed by atoms with van der Waals surface area (Å²) in [6, 6.07) is 15.7. The summed E-state index contributed by atoms with van der Waals surface area (Å²) in [5, 5.41) is 18.2. The van der Waals surface area contributed by atoms with Crippen LogP contribution in [0, 0.1) is 11.8 Å². The highest BCUT2D eigenvalue weighted by Gasteiger charge is 2.36. The summed E-state index contributed by atoms with van der Waals surface area (Å²) < 4.78 is 30.3. The highest BCUT2D eigenvalue weighted by molar-refractivity contribution is 5.70. The van der Waals surface area contributed by atoms with E-state index in [-0.39, 0.29) is 12.8 Å². The van der Waals surface area contributed by atoms with Gasteiger partial charge in [0.25, 0.3) is 0 Å². The molecule has 2 heterocycles. The molecule has 0 bridgehead atoms. The second-order valence-electron chi connectivity index (χ2n) is 7.58. The Bertz CT molecular complexity index is 1270. The largest absolute Gasteiger partial charge is 0.308 e. The molecule has 0 unspecified atom stereocenters. The molecule has 7 nitrogen and oxygen atoms in total. The van der Waals surface area contributed by atoms with Gasteiger partial charge in [-0.05, 0) is 41.3 Å². The van der Waals surface area contributed by atoms with E-state index in [0.717, 1.165) is 22.3 Å². The third kappa shape index (κ3) is 5.12. The van der Waals surface area contributed by atoms with Crippen LogP contribution in [0.15, 0.2) is 48.5 Å². The molecule has 33 heavy (non-hydrogen) atoms. The van der Waals surface area contributed by atoms with E-state index in [4.69, 9.17) is 0 Å². The van der Waals surface area contributed by atoms with Crippen molar-refractivity contribution in [3.05, 3.63) is 65.7 Å². The molecule has 0 saturated carbocycles. The number of aromatic amines is 1. The predicted octanol–water partition coefficient (Wildman–Crippen LogP) is 4.63. The van der Waals surface area contributed by atoms with Crippen molar-refractivity contribution in [2.24, 2.45) is 0 Å². The van der Waals surface area contributed by atoms with Crippen molar-refractivity contribution < 1.29 is 8.78 Å². The third-order valence-corrected chi connectivity index (χ3v) is 5.15. The summed E-state index contributed by atoms with van der Waals surface area (Å²) in [6.07, 6.45) is 0.335. The number of nitrogens with zero attached hydrogens (tertiary/aromatic N) is 6. The smallest absolute Gasteiger partial charge is 0.244 e. The number of benzene rings is 2. The van der Waals surface area contributed by atoms with Crippen LogP contribution in [-0.2, 0) is 18.9 Å². The van der Waals surface area contributed by atoms with Crippen LogP contribution in [0.3, 0.4) is 0 Å². The summed E-state index contributed by atoms with van der Waals surface area (Å²) in [5.74, 6) is 3.16. The highest BCUT2D eigenvalue weighted by Crippen LogP contribution is 2.31. The van der Waals surface area contributed by atoms with Gasteiger partial charge in [-0.3, -0.25) is 0 Å². The van der Waals surface area contributed by atoms with Gasteiger partial charge in [0.15, 0.2) is 0 Å². The molecule has 0 spiro atoms. The number of hydrogen-bond acceptors (Lipinski definition) is 5. The van der Waals surface area contributed by atoms with Gasteiger partial charge in [-0.25, -0.2) is 9.67 Å². The number of H-pyrrole nitrogens is 1. The zero-order valence-electron chi connectivity index (χ0n) is 18.4. The van der Waals surface area contributed by atoms with Gasteiger partial charge in [0, 0.05) is 12.0 Å². The molecule has 168 valence electrons. The zero-order chi connectivity index (χ0) is 23.3. The maximum absolute atomic E-state index is 14.4. The first-order chi connectivity index (χ1) is 16.0. The maximum Gasteiger partial charge on any atom is 0.308 e. The SMILES string of the molecule is CC#CCc1nc(C(F)(F)CCC)nn1Cc1ccc(-c2cccc(-c3nn[nH]n3)c2)cc1. The van der Waals surface area contributed by atoms with Crippen molar-refractivity contribution in [3.63, 3.8) is 0 Å². The lowest BCUT2D eigenvalue weighted by Gasteiger charge is -2.10. The summed E-state index contributed by atoms with van der Waals surface area (Å²) in [4.78, 5) is 4.11. The minimum absolute atomic E-state index is 0.270. The highest BCUT2D eigenvalue weighted by atomic mass is 19.3. The minimum Gasteiger partial charge on any atom is -0.244 e. The molecule has 0 aliphatic heterocycles. The summed E-state index contributed by atoms with van der Waals surface area (Å²) in [7, 11) is 0. The average molecular weight is 447 g/mol. The number of alkyl halides is 2. The molecule has 0 aliphatic rings. The molecule has 0 radical (unpaired) electrons. The Hall–Kier alpha value is -3.93. The molecule has 0 fully saturated rings. The Morgan fingerprint density at radius 2 is 1.85 bits per heavy atom. The maximum atomic E-state index is 14.4.